The van der Waals surface area contributed by atoms with Gasteiger partial charge in [-0.25, -0.2) is 0 Å². The standard InChI is InChI=1S/C19H26ClNO3/c1-12(2)15-9-8-13(3)10-19(15,24)18(23)21-11-17(22)14-6-4-5-7-16(14)20/h4-7,12-13,15,24H,8-11H2,1-3H3,(H,21,23)/t13-,15+,19+/m1/s1. The van der Waals surface area contributed by atoms with Gasteiger partial charge in [0, 0.05) is 5.56 Å². The zero-order valence-corrected chi connectivity index (χ0v) is 15.3. The van der Waals surface area contributed by atoms with E-state index in [2.05, 4.69) is 5.32 Å². The van der Waals surface area contributed by atoms with Crippen molar-refractivity contribution in [2.24, 2.45) is 17.8 Å². The summed E-state index contributed by atoms with van der Waals surface area (Å²) in [5.41, 5.74) is -1.03. The Balaban J connectivity index is 2.07. The smallest absolute Gasteiger partial charge is 0.252 e. The van der Waals surface area contributed by atoms with Gasteiger partial charge in [-0.15, -0.1) is 0 Å². The van der Waals surface area contributed by atoms with Crippen LogP contribution < -0.4 is 5.32 Å². The minimum atomic E-state index is -1.41. The lowest BCUT2D eigenvalue weighted by Gasteiger charge is -2.43. The van der Waals surface area contributed by atoms with Gasteiger partial charge in [0.1, 0.15) is 5.60 Å². The molecule has 24 heavy (non-hydrogen) atoms. The van der Waals surface area contributed by atoms with Crippen LogP contribution in [0.5, 0.6) is 0 Å². The Bertz CT molecular complexity index is 616. The van der Waals surface area contributed by atoms with E-state index in [9.17, 15) is 14.7 Å². The summed E-state index contributed by atoms with van der Waals surface area (Å²) in [6.07, 6.45) is 2.26. The highest BCUT2D eigenvalue weighted by molar-refractivity contribution is 6.34. The van der Waals surface area contributed by atoms with E-state index in [-0.39, 0.29) is 30.1 Å². The van der Waals surface area contributed by atoms with E-state index in [1.807, 2.05) is 20.8 Å². The maximum absolute atomic E-state index is 12.7. The highest BCUT2D eigenvalue weighted by Gasteiger charge is 2.48. The molecule has 0 unspecified atom stereocenters. The van der Waals surface area contributed by atoms with E-state index in [1.54, 1.807) is 24.3 Å². The normalized spacial score (nSPS) is 27.1. The van der Waals surface area contributed by atoms with Crippen molar-refractivity contribution in [2.75, 3.05) is 6.54 Å². The van der Waals surface area contributed by atoms with Crippen LogP contribution in [0.3, 0.4) is 0 Å². The molecule has 2 N–H and O–H groups in total. The van der Waals surface area contributed by atoms with Crippen molar-refractivity contribution < 1.29 is 14.7 Å². The van der Waals surface area contributed by atoms with E-state index < -0.39 is 11.5 Å². The largest absolute Gasteiger partial charge is 0.380 e. The second-order valence-corrected chi connectivity index (χ2v) is 7.65. The fourth-order valence-corrected chi connectivity index (χ4v) is 3.97. The molecule has 1 aliphatic rings. The number of ketones is 1. The highest BCUT2D eigenvalue weighted by Crippen LogP contribution is 2.41. The average molecular weight is 352 g/mol. The summed E-state index contributed by atoms with van der Waals surface area (Å²) in [6, 6.07) is 6.75. The van der Waals surface area contributed by atoms with Crippen LogP contribution in [0.15, 0.2) is 24.3 Å². The molecule has 1 saturated carbocycles. The van der Waals surface area contributed by atoms with Gasteiger partial charge in [0.15, 0.2) is 5.78 Å². The molecule has 0 saturated heterocycles. The molecule has 0 radical (unpaired) electrons. The monoisotopic (exact) mass is 351 g/mol. The average Bonchev–Trinajstić information content (AvgIpc) is 2.52. The quantitative estimate of drug-likeness (QED) is 0.798. The number of nitrogens with one attached hydrogen (secondary N) is 1. The summed E-state index contributed by atoms with van der Waals surface area (Å²) in [5.74, 6) is -0.317. The number of carbonyl (C=O) groups is 2. The number of hydrogen-bond donors (Lipinski definition) is 2. The van der Waals surface area contributed by atoms with Crippen LogP contribution in [0.2, 0.25) is 5.02 Å². The first-order valence-electron chi connectivity index (χ1n) is 8.54. The van der Waals surface area contributed by atoms with E-state index in [0.717, 1.165) is 12.8 Å². The van der Waals surface area contributed by atoms with Crippen LogP contribution in [0, 0.1) is 17.8 Å². The fourth-order valence-electron chi connectivity index (χ4n) is 3.73. The van der Waals surface area contributed by atoms with Crippen molar-refractivity contribution in [3.05, 3.63) is 34.9 Å². The summed E-state index contributed by atoms with van der Waals surface area (Å²) in [5, 5.41) is 14.0. The van der Waals surface area contributed by atoms with Gasteiger partial charge < -0.3 is 10.4 Å². The molecule has 0 heterocycles. The predicted molar refractivity (Wildman–Crippen MR) is 95.1 cm³/mol. The third kappa shape index (κ3) is 3.98. The van der Waals surface area contributed by atoms with Crippen LogP contribution in [-0.2, 0) is 4.79 Å². The zero-order chi connectivity index (χ0) is 17.9. The highest BCUT2D eigenvalue weighted by atomic mass is 35.5. The molecular weight excluding hydrogens is 326 g/mol. The summed E-state index contributed by atoms with van der Waals surface area (Å²) in [7, 11) is 0. The number of rotatable bonds is 5. The first kappa shape index (κ1) is 18.9. The molecule has 132 valence electrons. The minimum Gasteiger partial charge on any atom is -0.380 e. The van der Waals surface area contributed by atoms with Crippen LogP contribution in [0.25, 0.3) is 0 Å². The first-order valence-corrected chi connectivity index (χ1v) is 8.92. The van der Waals surface area contributed by atoms with Crippen LogP contribution in [0.1, 0.15) is 50.4 Å². The van der Waals surface area contributed by atoms with Crippen LogP contribution >= 0.6 is 11.6 Å². The molecule has 0 spiro atoms. The number of hydrogen-bond acceptors (Lipinski definition) is 3. The van der Waals surface area contributed by atoms with Gasteiger partial charge >= 0.3 is 0 Å². The number of carbonyl (C=O) groups excluding carboxylic acids is 2. The number of aliphatic hydroxyl groups is 1. The Kier molecular flexibility index (Phi) is 6.05. The Labute approximate surface area is 148 Å². The van der Waals surface area contributed by atoms with Gasteiger partial charge in [0.05, 0.1) is 11.6 Å². The lowest BCUT2D eigenvalue weighted by Crippen LogP contribution is -2.57. The van der Waals surface area contributed by atoms with Crippen molar-refractivity contribution in [2.45, 2.75) is 45.6 Å². The van der Waals surface area contributed by atoms with Gasteiger partial charge in [0.2, 0.25) is 0 Å². The number of benzene rings is 1. The molecule has 1 amide bonds. The Morgan fingerprint density at radius 3 is 2.62 bits per heavy atom. The second kappa shape index (κ2) is 7.66. The van der Waals surface area contributed by atoms with Crippen molar-refractivity contribution in [3.8, 4) is 0 Å². The summed E-state index contributed by atoms with van der Waals surface area (Å²) in [4.78, 5) is 24.9. The topological polar surface area (TPSA) is 66.4 Å². The molecule has 5 heteroatoms. The predicted octanol–water partition coefficient (Wildman–Crippen LogP) is 3.46. The molecule has 4 nitrogen and oxygen atoms in total. The van der Waals surface area contributed by atoms with E-state index in [4.69, 9.17) is 11.6 Å². The fraction of sp³-hybridized carbons (Fsp3) is 0.579. The molecule has 0 bridgehead atoms. The summed E-state index contributed by atoms with van der Waals surface area (Å²) < 4.78 is 0. The molecular formula is C19H26ClNO3. The first-order chi connectivity index (χ1) is 11.3. The summed E-state index contributed by atoms with van der Waals surface area (Å²) in [6.45, 7) is 5.93. The molecule has 1 aliphatic carbocycles. The lowest BCUT2D eigenvalue weighted by molar-refractivity contribution is -0.155. The summed E-state index contributed by atoms with van der Waals surface area (Å²) >= 11 is 6.01. The Morgan fingerprint density at radius 1 is 1.33 bits per heavy atom. The Hall–Kier alpha value is -1.39. The van der Waals surface area contributed by atoms with Crippen molar-refractivity contribution >= 4 is 23.3 Å². The third-order valence-corrected chi connectivity index (χ3v) is 5.35. The molecule has 2 rings (SSSR count). The van der Waals surface area contributed by atoms with E-state index in [0.29, 0.717) is 17.0 Å². The van der Waals surface area contributed by atoms with Gasteiger partial charge in [-0.1, -0.05) is 50.9 Å². The number of amides is 1. The minimum absolute atomic E-state index is 0.0934. The molecule has 0 aliphatic heterocycles. The van der Waals surface area contributed by atoms with Crippen molar-refractivity contribution in [1.29, 1.82) is 0 Å². The van der Waals surface area contributed by atoms with Gasteiger partial charge in [-0.05, 0) is 42.7 Å². The zero-order valence-electron chi connectivity index (χ0n) is 14.5. The molecule has 1 aromatic carbocycles. The molecule has 0 aromatic heterocycles. The number of halogens is 1. The second-order valence-electron chi connectivity index (χ2n) is 7.25. The lowest BCUT2D eigenvalue weighted by atomic mass is 9.66. The maximum Gasteiger partial charge on any atom is 0.252 e. The Morgan fingerprint density at radius 2 is 2.00 bits per heavy atom. The van der Waals surface area contributed by atoms with Crippen molar-refractivity contribution in [3.63, 3.8) is 0 Å². The van der Waals surface area contributed by atoms with E-state index in [1.165, 1.54) is 0 Å². The maximum atomic E-state index is 12.7. The number of Topliss-reactive ketones (excluding diaryl/α,β-unsaturated/α-hetero) is 1. The molecule has 3 atom stereocenters. The van der Waals surface area contributed by atoms with Gasteiger partial charge in [-0.3, -0.25) is 9.59 Å². The molecule has 1 aromatic rings. The van der Waals surface area contributed by atoms with Gasteiger partial charge in [-0.2, -0.15) is 0 Å². The van der Waals surface area contributed by atoms with Crippen LogP contribution in [0.4, 0.5) is 0 Å². The van der Waals surface area contributed by atoms with Crippen LogP contribution in [-0.4, -0.2) is 28.9 Å². The third-order valence-electron chi connectivity index (χ3n) is 5.03. The molecule has 1 fully saturated rings. The van der Waals surface area contributed by atoms with Crippen molar-refractivity contribution in [1.82, 2.24) is 5.32 Å². The SMILES string of the molecule is CC(C)[C@@H]1CC[C@@H](C)C[C@@]1(O)C(=O)NCC(=O)c1ccccc1Cl. The van der Waals surface area contributed by atoms with E-state index >= 15 is 0 Å². The van der Waals surface area contributed by atoms with Gasteiger partial charge in [0.25, 0.3) is 5.91 Å².